The Morgan fingerprint density at radius 2 is 1.84 bits per heavy atom. The van der Waals surface area contributed by atoms with Crippen LogP contribution < -0.4 is 5.73 Å². The number of rotatable bonds is 2. The van der Waals surface area contributed by atoms with Gasteiger partial charge in [-0.3, -0.25) is 0 Å². The summed E-state index contributed by atoms with van der Waals surface area (Å²) in [7, 11) is 0. The lowest BCUT2D eigenvalue weighted by Gasteiger charge is -2.09. The van der Waals surface area contributed by atoms with Gasteiger partial charge in [-0.25, -0.2) is 0 Å². The molecule has 0 saturated heterocycles. The lowest BCUT2D eigenvalue weighted by Crippen LogP contribution is -2.06. The first-order valence-electron chi connectivity index (χ1n) is 8.05. The van der Waals surface area contributed by atoms with E-state index in [4.69, 9.17) is 11.0 Å². The number of hydrogen-bond donors (Lipinski definition) is 1. The highest BCUT2D eigenvalue weighted by atomic mass is 15.3. The topological polar surface area (TPSA) is 92.9 Å². The van der Waals surface area contributed by atoms with Crippen molar-refractivity contribution < 1.29 is 0 Å². The van der Waals surface area contributed by atoms with E-state index >= 15 is 0 Å². The minimum Gasteiger partial charge on any atom is -0.381 e. The summed E-state index contributed by atoms with van der Waals surface area (Å²) < 4.78 is 1.53. The van der Waals surface area contributed by atoms with Gasteiger partial charge in [0.2, 0.25) is 5.69 Å². The van der Waals surface area contributed by atoms with E-state index in [1.807, 2.05) is 24.3 Å². The molecule has 0 unspecified atom stereocenters. The van der Waals surface area contributed by atoms with Gasteiger partial charge in [0, 0.05) is 0 Å². The molecule has 4 rings (SSSR count). The minimum atomic E-state index is 0.0785. The molecule has 0 aliphatic rings. The van der Waals surface area contributed by atoms with Crippen molar-refractivity contribution in [3.8, 4) is 17.2 Å². The molecule has 0 amide bonds. The smallest absolute Gasteiger partial charge is 0.205 e. The van der Waals surface area contributed by atoms with Gasteiger partial charge in [-0.2, -0.15) is 14.9 Å². The molecule has 25 heavy (non-hydrogen) atoms. The van der Waals surface area contributed by atoms with Gasteiger partial charge in [-0.05, 0) is 22.3 Å². The Morgan fingerprint density at radius 3 is 2.60 bits per heavy atom. The number of hydrogen-bond acceptors (Lipinski definition) is 5. The van der Waals surface area contributed by atoms with Gasteiger partial charge in [0.05, 0.1) is 11.3 Å². The van der Waals surface area contributed by atoms with Crippen LogP contribution in [0.3, 0.4) is 0 Å². The third-order valence-electron chi connectivity index (χ3n) is 4.32. The predicted octanol–water partition coefficient (Wildman–Crippen LogP) is 3.52. The molecule has 6 nitrogen and oxygen atoms in total. The Hall–Kier alpha value is -3.46. The fraction of sp³-hybridized carbons (Fsp3) is 0.158. The van der Waals surface area contributed by atoms with Gasteiger partial charge in [0.25, 0.3) is 0 Å². The van der Waals surface area contributed by atoms with Gasteiger partial charge >= 0.3 is 0 Å². The maximum atomic E-state index is 9.15. The van der Waals surface area contributed by atoms with Gasteiger partial charge in [0.1, 0.15) is 6.07 Å². The molecular formula is C19H16N6. The number of fused-ring (bicyclic) bond motifs is 2. The summed E-state index contributed by atoms with van der Waals surface area (Å²) >= 11 is 0. The zero-order chi connectivity index (χ0) is 17.6. The highest BCUT2D eigenvalue weighted by Gasteiger charge is 2.22. The molecule has 0 radical (unpaired) electrons. The summed E-state index contributed by atoms with van der Waals surface area (Å²) in [6, 6.07) is 16.3. The van der Waals surface area contributed by atoms with Crippen LogP contribution in [0.15, 0.2) is 42.5 Å². The van der Waals surface area contributed by atoms with Crippen LogP contribution in [0.4, 0.5) is 5.82 Å². The number of benzene rings is 2. The minimum absolute atomic E-state index is 0.0785. The molecule has 0 saturated carbocycles. The molecule has 4 aromatic rings. The summed E-state index contributed by atoms with van der Waals surface area (Å²) in [4.78, 5) is 0. The van der Waals surface area contributed by atoms with Crippen molar-refractivity contribution in [1.29, 1.82) is 5.26 Å². The predicted molar refractivity (Wildman–Crippen MR) is 96.9 cm³/mol. The average molecular weight is 328 g/mol. The Morgan fingerprint density at radius 1 is 1.08 bits per heavy atom. The largest absolute Gasteiger partial charge is 0.381 e. The summed E-state index contributed by atoms with van der Waals surface area (Å²) in [5.74, 6) is 0.376. The highest BCUT2D eigenvalue weighted by Crippen LogP contribution is 2.36. The number of nitriles is 1. The van der Waals surface area contributed by atoms with E-state index in [0.29, 0.717) is 5.65 Å². The van der Waals surface area contributed by atoms with Crippen LogP contribution in [-0.4, -0.2) is 19.8 Å². The summed E-state index contributed by atoms with van der Waals surface area (Å²) in [6.45, 7) is 4.15. The zero-order valence-corrected chi connectivity index (χ0v) is 13.9. The van der Waals surface area contributed by atoms with E-state index < -0.39 is 0 Å². The summed E-state index contributed by atoms with van der Waals surface area (Å²) in [5.41, 5.74) is 9.55. The molecule has 0 atom stereocenters. The first kappa shape index (κ1) is 15.1. The van der Waals surface area contributed by atoms with E-state index in [9.17, 15) is 0 Å². The molecule has 0 aliphatic carbocycles. The van der Waals surface area contributed by atoms with E-state index in [1.165, 1.54) is 4.52 Å². The zero-order valence-electron chi connectivity index (χ0n) is 13.9. The Bertz CT molecular complexity index is 1140. The van der Waals surface area contributed by atoms with Crippen LogP contribution in [0.25, 0.3) is 27.5 Å². The van der Waals surface area contributed by atoms with Crippen molar-refractivity contribution in [2.75, 3.05) is 5.73 Å². The van der Waals surface area contributed by atoms with E-state index in [2.05, 4.69) is 53.4 Å². The van der Waals surface area contributed by atoms with Gasteiger partial charge in [-0.1, -0.05) is 56.3 Å². The average Bonchev–Trinajstić information content (AvgIpc) is 3.02. The molecule has 2 aromatic heterocycles. The normalized spacial score (nSPS) is 11.3. The van der Waals surface area contributed by atoms with E-state index in [1.54, 1.807) is 0 Å². The molecule has 0 fully saturated rings. The molecule has 0 aliphatic heterocycles. The maximum absolute atomic E-state index is 9.15. The van der Waals surface area contributed by atoms with Crippen LogP contribution in [0.5, 0.6) is 0 Å². The van der Waals surface area contributed by atoms with Crippen LogP contribution in [0, 0.1) is 11.3 Å². The first-order valence-corrected chi connectivity index (χ1v) is 8.05. The Kier molecular flexibility index (Phi) is 3.36. The molecular weight excluding hydrogens is 312 g/mol. The van der Waals surface area contributed by atoms with Crippen LogP contribution >= 0.6 is 0 Å². The summed E-state index contributed by atoms with van der Waals surface area (Å²) in [5, 5.41) is 24.3. The van der Waals surface area contributed by atoms with Crippen LogP contribution in [-0.2, 0) is 0 Å². The second-order valence-electron chi connectivity index (χ2n) is 6.22. The fourth-order valence-electron chi connectivity index (χ4n) is 3.12. The monoisotopic (exact) mass is 328 g/mol. The number of nitrogens with two attached hydrogens (primary N) is 1. The SMILES string of the molecule is CC(C)c1nn2c(N)c(C#N)nnc2c1-c1cccc2ccccc12. The fourth-order valence-corrected chi connectivity index (χ4v) is 3.12. The first-order chi connectivity index (χ1) is 12.1. The van der Waals surface area contributed by atoms with Crippen molar-refractivity contribution in [2.24, 2.45) is 0 Å². The lowest BCUT2D eigenvalue weighted by atomic mass is 9.95. The van der Waals surface area contributed by atoms with Gasteiger partial charge in [0.15, 0.2) is 11.5 Å². The van der Waals surface area contributed by atoms with E-state index in [-0.39, 0.29) is 17.4 Å². The maximum Gasteiger partial charge on any atom is 0.205 e. The molecule has 2 N–H and O–H groups in total. The number of aromatic nitrogens is 4. The molecule has 2 heterocycles. The summed E-state index contributed by atoms with van der Waals surface area (Å²) in [6.07, 6.45) is 0. The van der Waals surface area contributed by atoms with Crippen LogP contribution in [0.2, 0.25) is 0 Å². The van der Waals surface area contributed by atoms with Crippen molar-refractivity contribution >= 4 is 22.2 Å². The third-order valence-corrected chi connectivity index (χ3v) is 4.32. The van der Waals surface area contributed by atoms with Crippen molar-refractivity contribution in [1.82, 2.24) is 19.8 Å². The highest BCUT2D eigenvalue weighted by molar-refractivity contribution is 6.00. The second-order valence-corrected chi connectivity index (χ2v) is 6.22. The van der Waals surface area contributed by atoms with Gasteiger partial charge < -0.3 is 5.73 Å². The molecule has 2 aromatic carbocycles. The molecule has 6 heteroatoms. The second kappa shape index (κ2) is 5.56. The quantitative estimate of drug-likeness (QED) is 0.607. The molecule has 0 spiro atoms. The number of nitrogens with zero attached hydrogens (tertiary/aromatic N) is 5. The standard InChI is InChI=1S/C19H16N6/c1-11(2)17-16(14-9-5-7-12-6-3-4-8-13(12)14)19-23-22-15(10-20)18(21)25(19)24-17/h3-9,11H,21H2,1-2H3. The van der Waals surface area contributed by atoms with Crippen molar-refractivity contribution in [2.45, 2.75) is 19.8 Å². The van der Waals surface area contributed by atoms with Crippen LogP contribution in [0.1, 0.15) is 31.2 Å². The van der Waals surface area contributed by atoms with Gasteiger partial charge in [-0.15, -0.1) is 10.2 Å². The van der Waals surface area contributed by atoms with Crippen molar-refractivity contribution in [3.63, 3.8) is 0 Å². The van der Waals surface area contributed by atoms with E-state index in [0.717, 1.165) is 27.6 Å². The Balaban J connectivity index is 2.15. The van der Waals surface area contributed by atoms with Crippen molar-refractivity contribution in [3.05, 3.63) is 53.9 Å². The Labute approximate surface area is 144 Å². The number of anilines is 1. The molecule has 0 bridgehead atoms. The molecule has 122 valence electrons. The number of nitrogen functional groups attached to an aromatic ring is 1. The lowest BCUT2D eigenvalue weighted by molar-refractivity contribution is 0.785. The third kappa shape index (κ3) is 2.21.